The molecule has 13 heavy (non-hydrogen) atoms. The van der Waals surface area contributed by atoms with E-state index in [4.69, 9.17) is 0 Å². The molecule has 0 radical (unpaired) electrons. The van der Waals surface area contributed by atoms with E-state index in [0.717, 1.165) is 15.8 Å². The average Bonchev–Trinajstić information content (AvgIpc) is 2.47. The number of aromatic nitrogens is 2. The summed E-state index contributed by atoms with van der Waals surface area (Å²) in [5, 5.41) is 13.7. The second-order valence-electron chi connectivity index (χ2n) is 3.51. The minimum Gasteiger partial charge on any atom is -0.386 e. The first-order valence-corrected chi connectivity index (χ1v) is 4.80. The molecule has 1 N–H and O–H groups in total. The van der Waals surface area contributed by atoms with E-state index in [2.05, 4.69) is 9.59 Å². The van der Waals surface area contributed by atoms with Crippen molar-refractivity contribution in [2.45, 2.75) is 19.4 Å². The lowest BCUT2D eigenvalue weighted by atomic mass is 9.98. The minimum absolute atomic E-state index is 0.808. The molecule has 0 bridgehead atoms. The van der Waals surface area contributed by atoms with E-state index in [1.807, 2.05) is 18.2 Å². The normalized spacial score (nSPS) is 12.2. The maximum atomic E-state index is 9.74. The monoisotopic (exact) mass is 194 g/mol. The molecular formula is C9H10N2OS. The molecule has 4 heteroatoms. The highest BCUT2D eigenvalue weighted by Gasteiger charge is 2.16. The quantitative estimate of drug-likeness (QED) is 0.754. The summed E-state index contributed by atoms with van der Waals surface area (Å²) in [6, 6.07) is 5.72. The van der Waals surface area contributed by atoms with Gasteiger partial charge in [0, 0.05) is 0 Å². The van der Waals surface area contributed by atoms with Gasteiger partial charge in [0.25, 0.3) is 0 Å². The van der Waals surface area contributed by atoms with Crippen molar-refractivity contribution >= 4 is 21.7 Å². The number of nitrogens with zero attached hydrogens (tertiary/aromatic N) is 2. The van der Waals surface area contributed by atoms with Crippen molar-refractivity contribution in [1.82, 2.24) is 9.59 Å². The maximum absolute atomic E-state index is 9.74. The largest absolute Gasteiger partial charge is 0.386 e. The molecular weight excluding hydrogens is 184 g/mol. The van der Waals surface area contributed by atoms with Crippen LogP contribution in [0, 0.1) is 0 Å². The van der Waals surface area contributed by atoms with Crippen molar-refractivity contribution < 1.29 is 5.11 Å². The van der Waals surface area contributed by atoms with Crippen LogP contribution in [-0.4, -0.2) is 14.7 Å². The molecule has 68 valence electrons. The lowest BCUT2D eigenvalue weighted by molar-refractivity contribution is 0.0787. The summed E-state index contributed by atoms with van der Waals surface area (Å²) in [6.45, 7) is 3.52. The molecule has 0 aliphatic carbocycles. The third kappa shape index (κ3) is 1.55. The Morgan fingerprint density at radius 1 is 1.38 bits per heavy atom. The predicted octanol–water partition coefficient (Wildman–Crippen LogP) is 1.92. The standard InChI is InChI=1S/C9H10N2OS/c1-9(2,12)6-3-4-8-7(5-6)10-11-13-8/h3-5,12H,1-2H3. The van der Waals surface area contributed by atoms with Crippen molar-refractivity contribution in [3.8, 4) is 0 Å². The lowest BCUT2D eigenvalue weighted by Crippen LogP contribution is -2.14. The maximum Gasteiger partial charge on any atom is 0.106 e. The summed E-state index contributed by atoms with van der Waals surface area (Å²) in [5.74, 6) is 0. The van der Waals surface area contributed by atoms with Gasteiger partial charge in [-0.25, -0.2) is 0 Å². The van der Waals surface area contributed by atoms with Gasteiger partial charge in [-0.15, -0.1) is 5.10 Å². The van der Waals surface area contributed by atoms with E-state index in [1.165, 1.54) is 11.5 Å². The number of rotatable bonds is 1. The smallest absolute Gasteiger partial charge is 0.106 e. The van der Waals surface area contributed by atoms with E-state index < -0.39 is 5.60 Å². The number of benzene rings is 1. The molecule has 1 heterocycles. The molecule has 1 aromatic heterocycles. The van der Waals surface area contributed by atoms with Crippen molar-refractivity contribution in [2.75, 3.05) is 0 Å². The van der Waals surface area contributed by atoms with Crippen molar-refractivity contribution in [2.24, 2.45) is 0 Å². The summed E-state index contributed by atoms with van der Waals surface area (Å²) in [7, 11) is 0. The summed E-state index contributed by atoms with van der Waals surface area (Å²) in [6.07, 6.45) is 0. The zero-order chi connectivity index (χ0) is 9.47. The van der Waals surface area contributed by atoms with Gasteiger partial charge in [-0.1, -0.05) is 10.6 Å². The van der Waals surface area contributed by atoms with Crippen LogP contribution >= 0.6 is 11.5 Å². The Hall–Kier alpha value is -1.00. The second kappa shape index (κ2) is 2.75. The highest BCUT2D eigenvalue weighted by molar-refractivity contribution is 7.12. The van der Waals surface area contributed by atoms with Gasteiger partial charge in [0.05, 0.1) is 10.3 Å². The number of fused-ring (bicyclic) bond motifs is 1. The van der Waals surface area contributed by atoms with E-state index in [9.17, 15) is 5.11 Å². The summed E-state index contributed by atoms with van der Waals surface area (Å²) in [4.78, 5) is 0. The average molecular weight is 194 g/mol. The van der Waals surface area contributed by atoms with Gasteiger partial charge in [-0.2, -0.15) is 0 Å². The third-order valence-corrected chi connectivity index (χ3v) is 2.66. The molecule has 1 aromatic carbocycles. The van der Waals surface area contributed by atoms with Gasteiger partial charge in [0.1, 0.15) is 5.52 Å². The summed E-state index contributed by atoms with van der Waals surface area (Å²) < 4.78 is 4.88. The summed E-state index contributed by atoms with van der Waals surface area (Å²) >= 11 is 1.36. The molecule has 0 unspecified atom stereocenters. The molecule has 0 saturated carbocycles. The number of hydrogen-bond acceptors (Lipinski definition) is 4. The zero-order valence-electron chi connectivity index (χ0n) is 7.48. The molecule has 0 fully saturated rings. The van der Waals surface area contributed by atoms with Gasteiger partial charge in [0.2, 0.25) is 0 Å². The third-order valence-electron chi connectivity index (χ3n) is 1.95. The Balaban J connectivity index is 2.61. The van der Waals surface area contributed by atoms with Crippen LogP contribution in [0.5, 0.6) is 0 Å². The van der Waals surface area contributed by atoms with Crippen LogP contribution in [0.15, 0.2) is 18.2 Å². The Morgan fingerprint density at radius 3 is 2.85 bits per heavy atom. The van der Waals surface area contributed by atoms with Crippen LogP contribution in [0.25, 0.3) is 10.2 Å². The lowest BCUT2D eigenvalue weighted by Gasteiger charge is -2.16. The van der Waals surface area contributed by atoms with Crippen LogP contribution in [0.3, 0.4) is 0 Å². The fourth-order valence-corrected chi connectivity index (χ4v) is 1.70. The van der Waals surface area contributed by atoms with Crippen LogP contribution in [0.2, 0.25) is 0 Å². The molecule has 0 atom stereocenters. The molecule has 0 spiro atoms. The minimum atomic E-state index is -0.808. The van der Waals surface area contributed by atoms with E-state index in [0.29, 0.717) is 0 Å². The van der Waals surface area contributed by atoms with E-state index >= 15 is 0 Å². The first-order chi connectivity index (χ1) is 6.07. The van der Waals surface area contributed by atoms with E-state index in [-0.39, 0.29) is 0 Å². The molecule has 2 aromatic rings. The number of hydrogen-bond donors (Lipinski definition) is 1. The van der Waals surface area contributed by atoms with Crippen LogP contribution in [0.1, 0.15) is 19.4 Å². The van der Waals surface area contributed by atoms with Crippen LogP contribution in [-0.2, 0) is 5.60 Å². The van der Waals surface area contributed by atoms with Gasteiger partial charge in [-0.3, -0.25) is 0 Å². The van der Waals surface area contributed by atoms with Crippen LogP contribution in [0.4, 0.5) is 0 Å². The molecule has 0 aliphatic rings. The van der Waals surface area contributed by atoms with Gasteiger partial charge >= 0.3 is 0 Å². The Morgan fingerprint density at radius 2 is 2.15 bits per heavy atom. The molecule has 0 saturated heterocycles. The highest BCUT2D eigenvalue weighted by atomic mass is 32.1. The Kier molecular flexibility index (Phi) is 1.82. The molecule has 0 amide bonds. The van der Waals surface area contributed by atoms with Crippen molar-refractivity contribution in [3.05, 3.63) is 23.8 Å². The first-order valence-electron chi connectivity index (χ1n) is 4.02. The van der Waals surface area contributed by atoms with E-state index in [1.54, 1.807) is 13.8 Å². The van der Waals surface area contributed by atoms with Crippen LogP contribution < -0.4 is 0 Å². The SMILES string of the molecule is CC(C)(O)c1ccc2snnc2c1. The predicted molar refractivity (Wildman–Crippen MR) is 52.7 cm³/mol. The van der Waals surface area contributed by atoms with Gasteiger partial charge in [0.15, 0.2) is 0 Å². The fraction of sp³-hybridized carbons (Fsp3) is 0.333. The summed E-state index contributed by atoms with van der Waals surface area (Å²) in [5.41, 5.74) is 0.912. The molecule has 2 rings (SSSR count). The number of aliphatic hydroxyl groups is 1. The Bertz CT molecular complexity index is 430. The topological polar surface area (TPSA) is 46.0 Å². The first kappa shape index (κ1) is 8.59. The zero-order valence-corrected chi connectivity index (χ0v) is 8.30. The van der Waals surface area contributed by atoms with Gasteiger partial charge < -0.3 is 5.11 Å². The van der Waals surface area contributed by atoms with Crippen molar-refractivity contribution in [3.63, 3.8) is 0 Å². The van der Waals surface area contributed by atoms with Crippen molar-refractivity contribution in [1.29, 1.82) is 0 Å². The Labute approximate surface area is 80.2 Å². The fourth-order valence-electron chi connectivity index (χ4n) is 1.16. The second-order valence-corrected chi connectivity index (χ2v) is 4.30. The molecule has 0 aliphatic heterocycles. The van der Waals surface area contributed by atoms with Gasteiger partial charge in [-0.05, 0) is 43.1 Å². The molecule has 3 nitrogen and oxygen atoms in total. The highest BCUT2D eigenvalue weighted by Crippen LogP contribution is 2.24.